The Hall–Kier alpha value is -2.62. The molecule has 3 rings (SSSR count). The zero-order valence-corrected chi connectivity index (χ0v) is 10.5. The Morgan fingerprint density at radius 2 is 1.79 bits per heavy atom. The van der Waals surface area contributed by atoms with E-state index < -0.39 is 0 Å². The van der Waals surface area contributed by atoms with Gasteiger partial charge in [0.15, 0.2) is 0 Å². The SMILES string of the molecule is Cc1c(N)cccc1-c1nc(-c2ccccc2)no1. The van der Waals surface area contributed by atoms with Crippen molar-refractivity contribution in [2.24, 2.45) is 0 Å². The van der Waals surface area contributed by atoms with Gasteiger partial charge in [0.2, 0.25) is 5.82 Å². The van der Waals surface area contributed by atoms with Crippen LogP contribution in [-0.4, -0.2) is 10.1 Å². The number of aromatic nitrogens is 2. The van der Waals surface area contributed by atoms with Gasteiger partial charge >= 0.3 is 0 Å². The second-order valence-electron chi connectivity index (χ2n) is 4.31. The fourth-order valence-corrected chi connectivity index (χ4v) is 1.92. The van der Waals surface area contributed by atoms with E-state index in [1.54, 1.807) is 0 Å². The molecule has 0 amide bonds. The fraction of sp³-hybridized carbons (Fsp3) is 0.0667. The van der Waals surface area contributed by atoms with E-state index in [1.807, 2.05) is 55.5 Å². The summed E-state index contributed by atoms with van der Waals surface area (Å²) >= 11 is 0. The van der Waals surface area contributed by atoms with Gasteiger partial charge < -0.3 is 10.3 Å². The Morgan fingerprint density at radius 3 is 2.58 bits per heavy atom. The molecule has 0 atom stereocenters. The van der Waals surface area contributed by atoms with Crippen LogP contribution < -0.4 is 5.73 Å². The lowest BCUT2D eigenvalue weighted by molar-refractivity contribution is 0.432. The summed E-state index contributed by atoms with van der Waals surface area (Å²) in [7, 11) is 0. The van der Waals surface area contributed by atoms with Crippen LogP contribution in [0, 0.1) is 6.92 Å². The Bertz CT molecular complexity index is 704. The summed E-state index contributed by atoms with van der Waals surface area (Å²) in [6, 6.07) is 15.4. The van der Waals surface area contributed by atoms with Crippen LogP contribution in [0.1, 0.15) is 5.56 Å². The molecule has 0 aliphatic carbocycles. The van der Waals surface area contributed by atoms with E-state index in [0.29, 0.717) is 11.7 Å². The molecule has 0 bridgehead atoms. The van der Waals surface area contributed by atoms with E-state index in [2.05, 4.69) is 10.1 Å². The number of anilines is 1. The lowest BCUT2D eigenvalue weighted by Crippen LogP contribution is -1.92. The Labute approximate surface area is 110 Å². The van der Waals surface area contributed by atoms with Crippen molar-refractivity contribution in [3.8, 4) is 22.8 Å². The maximum atomic E-state index is 5.89. The number of nitrogens with zero attached hydrogens (tertiary/aromatic N) is 2. The highest BCUT2D eigenvalue weighted by atomic mass is 16.5. The summed E-state index contributed by atoms with van der Waals surface area (Å²) < 4.78 is 5.32. The monoisotopic (exact) mass is 251 g/mol. The highest BCUT2D eigenvalue weighted by Gasteiger charge is 2.13. The van der Waals surface area contributed by atoms with E-state index in [1.165, 1.54) is 0 Å². The third kappa shape index (κ3) is 2.08. The van der Waals surface area contributed by atoms with Crippen molar-refractivity contribution in [2.75, 3.05) is 5.73 Å². The van der Waals surface area contributed by atoms with E-state index in [9.17, 15) is 0 Å². The lowest BCUT2D eigenvalue weighted by Gasteiger charge is -2.02. The van der Waals surface area contributed by atoms with Crippen LogP contribution in [0.5, 0.6) is 0 Å². The average molecular weight is 251 g/mol. The average Bonchev–Trinajstić information content (AvgIpc) is 2.92. The van der Waals surface area contributed by atoms with Gasteiger partial charge in [-0.25, -0.2) is 0 Å². The number of benzene rings is 2. The summed E-state index contributed by atoms with van der Waals surface area (Å²) in [6.07, 6.45) is 0. The molecule has 0 aliphatic rings. The van der Waals surface area contributed by atoms with Gasteiger partial charge in [0, 0.05) is 16.8 Å². The van der Waals surface area contributed by atoms with Crippen LogP contribution in [0.3, 0.4) is 0 Å². The highest BCUT2D eigenvalue weighted by molar-refractivity contribution is 5.68. The van der Waals surface area contributed by atoms with E-state index in [-0.39, 0.29) is 0 Å². The van der Waals surface area contributed by atoms with Crippen LogP contribution >= 0.6 is 0 Å². The summed E-state index contributed by atoms with van der Waals surface area (Å²) in [5.74, 6) is 1.07. The topological polar surface area (TPSA) is 64.9 Å². The second-order valence-corrected chi connectivity index (χ2v) is 4.31. The van der Waals surface area contributed by atoms with Crippen molar-refractivity contribution < 1.29 is 4.52 Å². The molecule has 4 nitrogen and oxygen atoms in total. The lowest BCUT2D eigenvalue weighted by atomic mass is 10.1. The molecule has 0 saturated carbocycles. The molecule has 0 saturated heterocycles. The Balaban J connectivity index is 2.05. The molecule has 0 radical (unpaired) electrons. The van der Waals surface area contributed by atoms with E-state index >= 15 is 0 Å². The number of rotatable bonds is 2. The van der Waals surface area contributed by atoms with Crippen molar-refractivity contribution in [2.45, 2.75) is 6.92 Å². The van der Waals surface area contributed by atoms with Crippen LogP contribution in [0.25, 0.3) is 22.8 Å². The van der Waals surface area contributed by atoms with E-state index in [0.717, 1.165) is 22.4 Å². The third-order valence-electron chi connectivity index (χ3n) is 3.06. The largest absolute Gasteiger partial charge is 0.398 e. The molecular formula is C15H13N3O. The van der Waals surface area contributed by atoms with Crippen molar-refractivity contribution >= 4 is 5.69 Å². The highest BCUT2D eigenvalue weighted by Crippen LogP contribution is 2.27. The van der Waals surface area contributed by atoms with Gasteiger partial charge in [-0.05, 0) is 24.6 Å². The molecule has 19 heavy (non-hydrogen) atoms. The standard InChI is InChI=1S/C15H13N3O/c1-10-12(8-5-9-13(10)16)15-17-14(18-19-15)11-6-3-2-4-7-11/h2-9H,16H2,1H3. The molecule has 2 aromatic carbocycles. The number of nitrogen functional groups attached to an aromatic ring is 1. The van der Waals surface area contributed by atoms with Gasteiger partial charge in [-0.15, -0.1) is 0 Å². The first-order chi connectivity index (χ1) is 9.25. The summed E-state index contributed by atoms with van der Waals surface area (Å²) in [5, 5.41) is 4.01. The number of hydrogen-bond donors (Lipinski definition) is 1. The Kier molecular flexibility index (Phi) is 2.76. The van der Waals surface area contributed by atoms with Crippen LogP contribution in [0.2, 0.25) is 0 Å². The zero-order valence-electron chi connectivity index (χ0n) is 10.5. The molecule has 4 heteroatoms. The minimum Gasteiger partial charge on any atom is -0.398 e. The maximum absolute atomic E-state index is 5.89. The van der Waals surface area contributed by atoms with E-state index in [4.69, 9.17) is 10.3 Å². The van der Waals surface area contributed by atoms with Gasteiger partial charge in [-0.2, -0.15) is 4.98 Å². The molecule has 0 fully saturated rings. The molecule has 1 heterocycles. The van der Waals surface area contributed by atoms with Crippen LogP contribution in [0.4, 0.5) is 5.69 Å². The van der Waals surface area contributed by atoms with Crippen LogP contribution in [0.15, 0.2) is 53.1 Å². The minimum absolute atomic E-state index is 0.489. The summed E-state index contributed by atoms with van der Waals surface area (Å²) in [5.41, 5.74) is 9.35. The molecule has 94 valence electrons. The Morgan fingerprint density at radius 1 is 1.00 bits per heavy atom. The number of hydrogen-bond acceptors (Lipinski definition) is 4. The first-order valence-corrected chi connectivity index (χ1v) is 6.00. The molecule has 3 aromatic rings. The zero-order chi connectivity index (χ0) is 13.2. The van der Waals surface area contributed by atoms with Gasteiger partial charge in [0.25, 0.3) is 5.89 Å². The van der Waals surface area contributed by atoms with Crippen molar-refractivity contribution in [1.29, 1.82) is 0 Å². The van der Waals surface area contributed by atoms with Crippen molar-refractivity contribution in [3.05, 3.63) is 54.1 Å². The molecule has 0 unspecified atom stereocenters. The van der Waals surface area contributed by atoms with Crippen LogP contribution in [-0.2, 0) is 0 Å². The number of nitrogens with two attached hydrogens (primary N) is 1. The van der Waals surface area contributed by atoms with Crippen molar-refractivity contribution in [1.82, 2.24) is 10.1 Å². The maximum Gasteiger partial charge on any atom is 0.258 e. The summed E-state index contributed by atoms with van der Waals surface area (Å²) in [6.45, 7) is 1.94. The second kappa shape index (κ2) is 4.57. The molecule has 1 aromatic heterocycles. The minimum atomic E-state index is 0.489. The normalized spacial score (nSPS) is 10.6. The fourth-order valence-electron chi connectivity index (χ4n) is 1.92. The van der Waals surface area contributed by atoms with Gasteiger partial charge in [-0.3, -0.25) is 0 Å². The van der Waals surface area contributed by atoms with Gasteiger partial charge in [0.05, 0.1) is 0 Å². The predicted molar refractivity (Wildman–Crippen MR) is 74.3 cm³/mol. The quantitative estimate of drug-likeness (QED) is 0.710. The molecule has 0 aliphatic heterocycles. The third-order valence-corrected chi connectivity index (χ3v) is 3.06. The molecule has 0 spiro atoms. The molecule has 2 N–H and O–H groups in total. The molecular weight excluding hydrogens is 238 g/mol. The first-order valence-electron chi connectivity index (χ1n) is 6.00. The van der Waals surface area contributed by atoms with Crippen molar-refractivity contribution in [3.63, 3.8) is 0 Å². The predicted octanol–water partition coefficient (Wildman–Crippen LogP) is 3.29. The summed E-state index contributed by atoms with van der Waals surface area (Å²) in [4.78, 5) is 4.42. The first kappa shape index (κ1) is 11.5. The van der Waals surface area contributed by atoms with Gasteiger partial charge in [0.1, 0.15) is 0 Å². The van der Waals surface area contributed by atoms with Gasteiger partial charge in [-0.1, -0.05) is 41.6 Å². The smallest absolute Gasteiger partial charge is 0.258 e.